The minimum absolute atomic E-state index is 0.0186. The summed E-state index contributed by atoms with van der Waals surface area (Å²) in [7, 11) is -4.17. The molecule has 144 valence electrons. The molecular weight excluding hydrogens is 358 g/mol. The molecule has 0 heterocycles. The predicted molar refractivity (Wildman–Crippen MR) is 88.7 cm³/mol. The Morgan fingerprint density at radius 2 is 1.20 bits per heavy atom. The van der Waals surface area contributed by atoms with Gasteiger partial charge in [0.2, 0.25) is 0 Å². The number of benzene rings is 1. The summed E-state index contributed by atoms with van der Waals surface area (Å²) in [6, 6.07) is 5.20. The van der Waals surface area contributed by atoms with Gasteiger partial charge in [-0.2, -0.15) is 8.42 Å². The van der Waals surface area contributed by atoms with Crippen molar-refractivity contribution < 1.29 is 43.0 Å². The van der Waals surface area contributed by atoms with Crippen LogP contribution in [0.5, 0.6) is 0 Å². The van der Waals surface area contributed by atoms with E-state index in [4.69, 9.17) is 33.4 Å². The van der Waals surface area contributed by atoms with E-state index in [1.165, 1.54) is 18.2 Å². The number of hydrogen-bond acceptors (Lipinski definition) is 6. The fourth-order valence-electron chi connectivity index (χ4n) is 1.36. The number of aliphatic hydroxyl groups is 2. The number of aromatic carboxylic acids is 2. The van der Waals surface area contributed by atoms with Crippen LogP contribution in [0.2, 0.25) is 0 Å². The number of carboxylic acid groups (broad SMARTS) is 2. The molecular formula is C14H23NO9S. The van der Waals surface area contributed by atoms with E-state index in [1.54, 1.807) is 0 Å². The van der Waals surface area contributed by atoms with Gasteiger partial charge in [-0.05, 0) is 31.0 Å². The zero-order chi connectivity index (χ0) is 19.9. The lowest BCUT2D eigenvalue weighted by atomic mass is 10.1. The van der Waals surface area contributed by atoms with Crippen LogP contribution in [0.25, 0.3) is 0 Å². The molecule has 0 bridgehead atoms. The highest BCUT2D eigenvalue weighted by Gasteiger charge is 2.06. The Balaban J connectivity index is 0. The fraction of sp³-hybridized carbons (Fsp3) is 0.429. The van der Waals surface area contributed by atoms with E-state index in [-0.39, 0.29) is 24.3 Å². The summed E-state index contributed by atoms with van der Waals surface area (Å²) >= 11 is 0. The minimum atomic E-state index is -4.17. The molecule has 0 aliphatic heterocycles. The molecule has 0 fully saturated rings. The molecule has 25 heavy (non-hydrogen) atoms. The maximum atomic E-state index is 10.4. The van der Waals surface area contributed by atoms with Gasteiger partial charge in [-0.3, -0.25) is 4.55 Å². The van der Waals surface area contributed by atoms with E-state index < -0.39 is 22.2 Å². The van der Waals surface area contributed by atoms with Crippen molar-refractivity contribution in [2.24, 2.45) is 5.14 Å². The number of carboxylic acids is 2. The minimum Gasteiger partial charge on any atom is -0.478 e. The number of carbonyl (C=O) groups is 2. The fourth-order valence-corrected chi connectivity index (χ4v) is 1.36. The topological polar surface area (TPSA) is 195 Å². The Morgan fingerprint density at radius 3 is 1.44 bits per heavy atom. The van der Waals surface area contributed by atoms with Crippen molar-refractivity contribution >= 4 is 22.2 Å². The molecule has 0 amide bonds. The lowest BCUT2D eigenvalue weighted by molar-refractivity contribution is 0.0696. The SMILES string of the molecule is NS(=O)(=O)O.O=C(O)c1cccc(C(=O)O)c1.OCCCCCCO. The molecule has 0 unspecified atom stereocenters. The molecule has 0 radical (unpaired) electrons. The first-order valence-corrected chi connectivity index (χ1v) is 8.56. The first-order valence-electron chi connectivity index (χ1n) is 7.06. The Morgan fingerprint density at radius 1 is 0.880 bits per heavy atom. The molecule has 10 nitrogen and oxygen atoms in total. The van der Waals surface area contributed by atoms with Crippen molar-refractivity contribution in [3.63, 3.8) is 0 Å². The Bertz CT molecular complexity index is 573. The highest BCUT2D eigenvalue weighted by molar-refractivity contribution is 7.83. The number of unbranched alkanes of at least 4 members (excludes halogenated alkanes) is 3. The van der Waals surface area contributed by atoms with Crippen molar-refractivity contribution in [1.82, 2.24) is 0 Å². The van der Waals surface area contributed by atoms with Crippen LogP contribution < -0.4 is 5.14 Å². The van der Waals surface area contributed by atoms with Gasteiger partial charge in [-0.25, -0.2) is 14.7 Å². The number of aliphatic hydroxyl groups excluding tert-OH is 2. The molecule has 0 aliphatic carbocycles. The molecule has 0 spiro atoms. The Labute approximate surface area is 145 Å². The van der Waals surface area contributed by atoms with Gasteiger partial charge in [0, 0.05) is 13.2 Å². The summed E-state index contributed by atoms with van der Waals surface area (Å²) in [5.74, 6) is -2.25. The van der Waals surface area contributed by atoms with Crippen LogP contribution in [0.4, 0.5) is 0 Å². The molecule has 0 saturated heterocycles. The van der Waals surface area contributed by atoms with E-state index in [0.717, 1.165) is 31.7 Å². The average molecular weight is 381 g/mol. The van der Waals surface area contributed by atoms with Crippen LogP contribution in [0, 0.1) is 0 Å². The molecule has 0 atom stereocenters. The van der Waals surface area contributed by atoms with Crippen molar-refractivity contribution in [2.45, 2.75) is 25.7 Å². The normalized spacial score (nSPS) is 9.92. The van der Waals surface area contributed by atoms with Crippen LogP contribution in [0.1, 0.15) is 46.4 Å². The van der Waals surface area contributed by atoms with Gasteiger partial charge in [0.05, 0.1) is 11.1 Å². The highest BCUT2D eigenvalue weighted by Crippen LogP contribution is 2.04. The van der Waals surface area contributed by atoms with Crippen molar-refractivity contribution in [2.75, 3.05) is 13.2 Å². The molecule has 0 aromatic heterocycles. The van der Waals surface area contributed by atoms with Gasteiger partial charge in [0.1, 0.15) is 0 Å². The highest BCUT2D eigenvalue weighted by atomic mass is 32.2. The molecule has 0 aliphatic rings. The summed E-state index contributed by atoms with van der Waals surface area (Å²) < 4.78 is 25.2. The number of nitrogens with two attached hydrogens (primary N) is 1. The van der Waals surface area contributed by atoms with E-state index in [1.807, 2.05) is 0 Å². The largest absolute Gasteiger partial charge is 0.478 e. The monoisotopic (exact) mass is 381 g/mol. The van der Waals surface area contributed by atoms with Gasteiger partial charge in [-0.15, -0.1) is 0 Å². The van der Waals surface area contributed by atoms with Gasteiger partial charge in [0.25, 0.3) is 0 Å². The van der Waals surface area contributed by atoms with E-state index >= 15 is 0 Å². The van der Waals surface area contributed by atoms with Gasteiger partial charge in [-0.1, -0.05) is 18.9 Å². The smallest absolute Gasteiger partial charge is 0.335 e. The van der Waals surface area contributed by atoms with Gasteiger partial charge < -0.3 is 20.4 Å². The number of hydrogen-bond donors (Lipinski definition) is 6. The Hall–Kier alpha value is -2.05. The van der Waals surface area contributed by atoms with Crippen molar-refractivity contribution in [1.29, 1.82) is 0 Å². The molecule has 0 saturated carbocycles. The van der Waals surface area contributed by atoms with Crippen LogP contribution in [-0.2, 0) is 10.3 Å². The van der Waals surface area contributed by atoms with E-state index in [0.29, 0.717) is 0 Å². The quantitative estimate of drug-likeness (QED) is 0.285. The first kappa shape index (κ1) is 25.2. The summed E-state index contributed by atoms with van der Waals surface area (Å²) in [5, 5.41) is 37.5. The molecule has 1 rings (SSSR count). The Kier molecular flexibility index (Phi) is 14.4. The van der Waals surface area contributed by atoms with Gasteiger partial charge >= 0.3 is 22.2 Å². The second-order valence-corrected chi connectivity index (χ2v) is 5.60. The average Bonchev–Trinajstić information content (AvgIpc) is 2.51. The zero-order valence-corrected chi connectivity index (χ0v) is 14.2. The molecule has 7 N–H and O–H groups in total. The van der Waals surface area contributed by atoms with Gasteiger partial charge in [0.15, 0.2) is 0 Å². The molecule has 1 aromatic carbocycles. The third kappa shape index (κ3) is 19.9. The van der Waals surface area contributed by atoms with E-state index in [9.17, 15) is 9.59 Å². The predicted octanol–water partition coefficient (Wildman–Crippen LogP) is 0.362. The molecule has 11 heteroatoms. The summed E-state index contributed by atoms with van der Waals surface area (Å²) in [4.78, 5) is 20.8. The van der Waals surface area contributed by atoms with E-state index in [2.05, 4.69) is 5.14 Å². The zero-order valence-electron chi connectivity index (χ0n) is 13.4. The third-order valence-electron chi connectivity index (χ3n) is 2.42. The first-order chi connectivity index (χ1) is 11.5. The second-order valence-electron chi connectivity index (χ2n) is 4.57. The summed E-state index contributed by atoms with van der Waals surface area (Å²) in [5.41, 5.74) is -0.0372. The standard InChI is InChI=1S/C8H6O4.C6H14O2.H3NO3S/c9-7(10)5-2-1-3-6(4-5)8(11)12;7-5-3-1-2-4-6-8;1-5(2,3)4/h1-4H,(H,9,10)(H,11,12);7-8H,1-6H2;(H3,1,2,3,4). The number of rotatable bonds is 7. The third-order valence-corrected chi connectivity index (χ3v) is 2.42. The maximum absolute atomic E-state index is 10.4. The van der Waals surface area contributed by atoms with Crippen LogP contribution in [0.15, 0.2) is 24.3 Å². The molecule has 1 aromatic rings. The maximum Gasteiger partial charge on any atom is 0.335 e. The van der Waals surface area contributed by atoms with Crippen LogP contribution in [-0.4, -0.2) is 58.5 Å². The van der Waals surface area contributed by atoms with Crippen molar-refractivity contribution in [3.05, 3.63) is 35.4 Å². The second kappa shape index (κ2) is 14.3. The van der Waals surface area contributed by atoms with Crippen LogP contribution in [0.3, 0.4) is 0 Å². The lowest BCUT2D eigenvalue weighted by Crippen LogP contribution is -2.08. The van der Waals surface area contributed by atoms with Crippen LogP contribution >= 0.6 is 0 Å². The van der Waals surface area contributed by atoms with Crippen molar-refractivity contribution in [3.8, 4) is 0 Å². The summed E-state index contributed by atoms with van der Waals surface area (Å²) in [6.07, 6.45) is 3.83. The lowest BCUT2D eigenvalue weighted by Gasteiger charge is -1.95. The summed E-state index contributed by atoms with van der Waals surface area (Å²) in [6.45, 7) is 0.566.